The first-order valence-corrected chi connectivity index (χ1v) is 6.96. The van der Waals surface area contributed by atoms with Gasteiger partial charge in [0, 0.05) is 0 Å². The number of amides is 3. The Balaban J connectivity index is 2.07. The SMILES string of the molecule is CCCCCC1NC(=O)N(c2ccc(OC)cc2)C1=O. The smallest absolute Gasteiger partial charge is 0.329 e. The number of unbranched alkanes of at least 4 members (excludes halogenated alkanes) is 2. The number of benzene rings is 1. The monoisotopic (exact) mass is 276 g/mol. The Hall–Kier alpha value is -2.04. The lowest BCUT2D eigenvalue weighted by Crippen LogP contribution is -2.31. The molecule has 1 atom stereocenters. The van der Waals surface area contributed by atoms with Gasteiger partial charge in [-0.15, -0.1) is 0 Å². The van der Waals surface area contributed by atoms with Crippen LogP contribution in [0.4, 0.5) is 10.5 Å². The van der Waals surface area contributed by atoms with Crippen molar-refractivity contribution >= 4 is 17.6 Å². The minimum atomic E-state index is -0.392. The van der Waals surface area contributed by atoms with Gasteiger partial charge in [-0.2, -0.15) is 0 Å². The maximum absolute atomic E-state index is 12.3. The van der Waals surface area contributed by atoms with E-state index in [0.717, 1.165) is 19.3 Å². The summed E-state index contributed by atoms with van der Waals surface area (Å²) in [5.41, 5.74) is 0.575. The van der Waals surface area contributed by atoms with E-state index in [1.807, 2.05) is 0 Å². The van der Waals surface area contributed by atoms with Crippen LogP contribution in [0, 0.1) is 0 Å². The molecule has 1 aromatic rings. The van der Waals surface area contributed by atoms with E-state index in [1.165, 1.54) is 4.90 Å². The normalized spacial score (nSPS) is 18.3. The van der Waals surface area contributed by atoms with Crippen molar-refractivity contribution in [3.05, 3.63) is 24.3 Å². The number of ether oxygens (including phenoxy) is 1. The molecule has 0 saturated carbocycles. The Kier molecular flexibility index (Phi) is 4.61. The van der Waals surface area contributed by atoms with Crippen LogP contribution in [0.3, 0.4) is 0 Å². The van der Waals surface area contributed by atoms with Crippen molar-refractivity contribution in [3.63, 3.8) is 0 Å². The lowest BCUT2D eigenvalue weighted by atomic mass is 10.1. The molecule has 1 aromatic carbocycles. The van der Waals surface area contributed by atoms with Crippen molar-refractivity contribution < 1.29 is 14.3 Å². The van der Waals surface area contributed by atoms with Gasteiger partial charge in [0.25, 0.3) is 5.91 Å². The summed E-state index contributed by atoms with van der Waals surface area (Å²) in [6, 6.07) is 6.16. The van der Waals surface area contributed by atoms with E-state index >= 15 is 0 Å². The van der Waals surface area contributed by atoms with Crippen LogP contribution in [0.15, 0.2) is 24.3 Å². The fourth-order valence-corrected chi connectivity index (χ4v) is 2.30. The van der Waals surface area contributed by atoms with Gasteiger partial charge >= 0.3 is 6.03 Å². The molecule has 1 aliphatic rings. The standard InChI is InChI=1S/C15H20N2O3/c1-3-4-5-6-13-14(18)17(15(19)16-13)11-7-9-12(20-2)10-8-11/h7-10,13H,3-6H2,1-2H3,(H,16,19). The molecule has 3 amide bonds. The molecular formula is C15H20N2O3. The van der Waals surface area contributed by atoms with Crippen LogP contribution in [0.5, 0.6) is 5.75 Å². The number of methoxy groups -OCH3 is 1. The summed E-state index contributed by atoms with van der Waals surface area (Å²) in [5.74, 6) is 0.525. The summed E-state index contributed by atoms with van der Waals surface area (Å²) in [6.07, 6.45) is 3.81. The summed E-state index contributed by atoms with van der Waals surface area (Å²) in [6.45, 7) is 2.11. The van der Waals surface area contributed by atoms with E-state index in [9.17, 15) is 9.59 Å². The number of carbonyl (C=O) groups excluding carboxylic acids is 2. The highest BCUT2D eigenvalue weighted by atomic mass is 16.5. The molecule has 0 aliphatic carbocycles. The second kappa shape index (κ2) is 6.41. The highest BCUT2D eigenvalue weighted by Crippen LogP contribution is 2.24. The highest BCUT2D eigenvalue weighted by Gasteiger charge is 2.38. The van der Waals surface area contributed by atoms with E-state index in [1.54, 1.807) is 31.4 Å². The number of imide groups is 1. The quantitative estimate of drug-likeness (QED) is 0.642. The third kappa shape index (κ3) is 2.92. The molecule has 1 unspecified atom stereocenters. The van der Waals surface area contributed by atoms with Crippen LogP contribution >= 0.6 is 0 Å². The number of hydrogen-bond donors (Lipinski definition) is 1. The lowest BCUT2D eigenvalue weighted by Gasteiger charge is -2.13. The Bertz CT molecular complexity index is 484. The molecule has 0 bridgehead atoms. The predicted molar refractivity (Wildman–Crippen MR) is 76.9 cm³/mol. The Morgan fingerprint density at radius 2 is 1.90 bits per heavy atom. The maximum atomic E-state index is 12.3. The average molecular weight is 276 g/mol. The fraction of sp³-hybridized carbons (Fsp3) is 0.467. The van der Waals surface area contributed by atoms with Gasteiger partial charge in [-0.25, -0.2) is 9.69 Å². The molecule has 0 radical (unpaired) electrons. The molecule has 2 rings (SSSR count). The molecule has 5 nitrogen and oxygen atoms in total. The van der Waals surface area contributed by atoms with Crippen molar-refractivity contribution in [1.29, 1.82) is 0 Å². The third-order valence-electron chi connectivity index (χ3n) is 3.45. The Morgan fingerprint density at radius 3 is 2.50 bits per heavy atom. The van der Waals surface area contributed by atoms with Crippen LogP contribution in [-0.4, -0.2) is 25.1 Å². The van der Waals surface area contributed by atoms with Crippen LogP contribution in [0.25, 0.3) is 0 Å². The van der Waals surface area contributed by atoms with Gasteiger partial charge in [0.05, 0.1) is 12.8 Å². The van der Waals surface area contributed by atoms with Crippen molar-refractivity contribution in [1.82, 2.24) is 5.32 Å². The zero-order valence-electron chi connectivity index (χ0n) is 11.9. The zero-order valence-corrected chi connectivity index (χ0v) is 11.9. The summed E-state index contributed by atoms with van der Waals surface area (Å²) in [4.78, 5) is 25.4. The predicted octanol–water partition coefficient (Wildman–Crippen LogP) is 2.70. The largest absolute Gasteiger partial charge is 0.497 e. The molecule has 1 aliphatic heterocycles. The minimum Gasteiger partial charge on any atom is -0.497 e. The van der Waals surface area contributed by atoms with Crippen molar-refractivity contribution in [2.45, 2.75) is 38.6 Å². The van der Waals surface area contributed by atoms with Crippen molar-refractivity contribution in [2.24, 2.45) is 0 Å². The van der Waals surface area contributed by atoms with Crippen molar-refractivity contribution in [3.8, 4) is 5.75 Å². The molecule has 1 heterocycles. The van der Waals surface area contributed by atoms with Gasteiger partial charge in [0.2, 0.25) is 0 Å². The van der Waals surface area contributed by atoms with Gasteiger partial charge in [-0.3, -0.25) is 4.79 Å². The second-order valence-corrected chi connectivity index (χ2v) is 4.87. The van der Waals surface area contributed by atoms with Gasteiger partial charge < -0.3 is 10.1 Å². The first kappa shape index (κ1) is 14.4. The van der Waals surface area contributed by atoms with E-state index in [0.29, 0.717) is 17.9 Å². The lowest BCUT2D eigenvalue weighted by molar-refractivity contribution is -0.118. The van der Waals surface area contributed by atoms with Gasteiger partial charge in [0.15, 0.2) is 0 Å². The summed E-state index contributed by atoms with van der Waals surface area (Å²) in [7, 11) is 1.58. The Labute approximate surface area is 118 Å². The molecule has 108 valence electrons. The van der Waals surface area contributed by atoms with Crippen molar-refractivity contribution in [2.75, 3.05) is 12.0 Å². The number of urea groups is 1. The summed E-state index contributed by atoms with van der Waals surface area (Å²) in [5, 5.41) is 2.75. The first-order valence-electron chi connectivity index (χ1n) is 6.96. The molecule has 1 fully saturated rings. The first-order chi connectivity index (χ1) is 9.67. The van der Waals surface area contributed by atoms with Crippen LogP contribution in [0.1, 0.15) is 32.6 Å². The van der Waals surface area contributed by atoms with Crippen LogP contribution < -0.4 is 15.0 Å². The minimum absolute atomic E-state index is 0.170. The van der Waals surface area contributed by atoms with E-state index in [2.05, 4.69) is 12.2 Å². The fourth-order valence-electron chi connectivity index (χ4n) is 2.30. The van der Waals surface area contributed by atoms with Gasteiger partial charge in [-0.1, -0.05) is 26.2 Å². The molecule has 0 spiro atoms. The third-order valence-corrected chi connectivity index (χ3v) is 3.45. The zero-order chi connectivity index (χ0) is 14.5. The average Bonchev–Trinajstić information content (AvgIpc) is 2.74. The number of nitrogens with one attached hydrogen (secondary N) is 1. The molecular weight excluding hydrogens is 256 g/mol. The van der Waals surface area contributed by atoms with Gasteiger partial charge in [-0.05, 0) is 30.7 Å². The summed E-state index contributed by atoms with van der Waals surface area (Å²) < 4.78 is 5.07. The number of carbonyl (C=O) groups is 2. The summed E-state index contributed by atoms with van der Waals surface area (Å²) >= 11 is 0. The molecule has 20 heavy (non-hydrogen) atoms. The number of hydrogen-bond acceptors (Lipinski definition) is 3. The van der Waals surface area contributed by atoms with Gasteiger partial charge in [0.1, 0.15) is 11.8 Å². The highest BCUT2D eigenvalue weighted by molar-refractivity contribution is 6.21. The van der Waals surface area contributed by atoms with Crippen LogP contribution in [0.2, 0.25) is 0 Å². The maximum Gasteiger partial charge on any atom is 0.329 e. The van der Waals surface area contributed by atoms with E-state index < -0.39 is 6.04 Å². The Morgan fingerprint density at radius 1 is 1.20 bits per heavy atom. The van der Waals surface area contributed by atoms with E-state index in [4.69, 9.17) is 4.74 Å². The number of nitrogens with zero attached hydrogens (tertiary/aromatic N) is 1. The van der Waals surface area contributed by atoms with Crippen LogP contribution in [-0.2, 0) is 4.79 Å². The molecule has 1 N–H and O–H groups in total. The number of rotatable bonds is 6. The number of anilines is 1. The molecule has 1 saturated heterocycles. The van der Waals surface area contributed by atoms with E-state index in [-0.39, 0.29) is 11.9 Å². The topological polar surface area (TPSA) is 58.6 Å². The second-order valence-electron chi connectivity index (χ2n) is 4.87. The molecule has 0 aromatic heterocycles. The molecule has 5 heteroatoms.